The number of hydrogen-bond donors (Lipinski definition) is 1. The molecule has 1 aliphatic rings. The van der Waals surface area contributed by atoms with Gasteiger partial charge in [-0.2, -0.15) is 17.0 Å². The van der Waals surface area contributed by atoms with Crippen molar-refractivity contribution in [3.63, 3.8) is 0 Å². The van der Waals surface area contributed by atoms with Gasteiger partial charge in [0.25, 0.3) is 10.2 Å². The zero-order chi connectivity index (χ0) is 20.1. The third-order valence-electron chi connectivity index (χ3n) is 5.19. The highest BCUT2D eigenvalue weighted by molar-refractivity contribution is 7.86. The van der Waals surface area contributed by atoms with E-state index in [9.17, 15) is 8.42 Å². The average Bonchev–Trinajstić information content (AvgIpc) is 2.71. The number of piperidine rings is 1. The molecule has 0 aromatic carbocycles. The van der Waals surface area contributed by atoms with Gasteiger partial charge in [-0.3, -0.25) is 0 Å². The van der Waals surface area contributed by atoms with E-state index in [1.54, 1.807) is 10.5 Å². The molecule has 0 saturated carbocycles. The van der Waals surface area contributed by atoms with Gasteiger partial charge in [0.1, 0.15) is 11.6 Å². The van der Waals surface area contributed by atoms with Crippen LogP contribution in [0.5, 0.6) is 0 Å². The smallest absolute Gasteiger partial charge is 0.281 e. The number of aromatic nitrogens is 2. The van der Waals surface area contributed by atoms with Crippen LogP contribution in [-0.4, -0.2) is 53.2 Å². The molecule has 7 nitrogen and oxygen atoms in total. The van der Waals surface area contributed by atoms with Crippen molar-refractivity contribution in [3.8, 4) is 0 Å². The molecule has 0 amide bonds. The van der Waals surface area contributed by atoms with Crippen molar-refractivity contribution in [2.24, 2.45) is 0 Å². The van der Waals surface area contributed by atoms with Crippen molar-refractivity contribution >= 4 is 21.8 Å². The fourth-order valence-corrected chi connectivity index (χ4v) is 5.30. The van der Waals surface area contributed by atoms with Crippen molar-refractivity contribution in [2.75, 3.05) is 31.5 Å². The van der Waals surface area contributed by atoms with Crippen LogP contribution in [0.4, 0.5) is 11.6 Å². The van der Waals surface area contributed by atoms with Crippen LogP contribution in [-0.2, 0) is 10.2 Å². The zero-order valence-corrected chi connectivity index (χ0v) is 17.6. The summed E-state index contributed by atoms with van der Waals surface area (Å²) in [5.41, 5.74) is 1.96. The minimum absolute atomic E-state index is 0.0886. The monoisotopic (exact) mass is 403 g/mol. The first-order chi connectivity index (χ1) is 13.5. The summed E-state index contributed by atoms with van der Waals surface area (Å²) in [4.78, 5) is 9.10. The van der Waals surface area contributed by atoms with Crippen molar-refractivity contribution in [1.29, 1.82) is 0 Å². The van der Waals surface area contributed by atoms with Crippen LogP contribution in [0.2, 0.25) is 0 Å². The molecule has 0 radical (unpaired) electrons. The van der Waals surface area contributed by atoms with Gasteiger partial charge in [0.15, 0.2) is 0 Å². The summed E-state index contributed by atoms with van der Waals surface area (Å²) >= 11 is 0. The van der Waals surface area contributed by atoms with Crippen LogP contribution in [0, 0.1) is 6.92 Å². The number of pyridine rings is 2. The molecular weight excluding hydrogens is 374 g/mol. The zero-order valence-electron chi connectivity index (χ0n) is 16.8. The van der Waals surface area contributed by atoms with E-state index in [0.29, 0.717) is 26.2 Å². The van der Waals surface area contributed by atoms with E-state index in [1.165, 1.54) is 4.31 Å². The molecule has 1 saturated heterocycles. The van der Waals surface area contributed by atoms with E-state index in [4.69, 9.17) is 4.98 Å². The van der Waals surface area contributed by atoms with Gasteiger partial charge in [-0.15, -0.1) is 0 Å². The summed E-state index contributed by atoms with van der Waals surface area (Å²) in [7, 11) is -3.42. The molecule has 2 aromatic heterocycles. The van der Waals surface area contributed by atoms with E-state index in [0.717, 1.165) is 35.7 Å². The van der Waals surface area contributed by atoms with E-state index in [1.807, 2.05) is 51.1 Å². The largest absolute Gasteiger partial charge is 0.325 e. The average molecular weight is 404 g/mol. The van der Waals surface area contributed by atoms with Gasteiger partial charge in [-0.25, -0.2) is 9.97 Å². The Bertz CT molecular complexity index is 899. The molecule has 1 atom stereocenters. The van der Waals surface area contributed by atoms with Crippen molar-refractivity contribution < 1.29 is 8.42 Å². The van der Waals surface area contributed by atoms with Crippen LogP contribution < -0.4 is 5.32 Å². The van der Waals surface area contributed by atoms with Crippen molar-refractivity contribution in [3.05, 3.63) is 47.8 Å². The molecule has 0 aliphatic carbocycles. The molecule has 0 unspecified atom stereocenters. The molecule has 1 aliphatic heterocycles. The first-order valence-corrected chi connectivity index (χ1v) is 11.3. The summed E-state index contributed by atoms with van der Waals surface area (Å²) in [5.74, 6) is 1.59. The Morgan fingerprint density at radius 1 is 1.21 bits per heavy atom. The molecule has 28 heavy (non-hydrogen) atoms. The van der Waals surface area contributed by atoms with Gasteiger partial charge in [0.05, 0.1) is 0 Å². The lowest BCUT2D eigenvalue weighted by Gasteiger charge is -2.34. The van der Waals surface area contributed by atoms with Gasteiger partial charge in [0.2, 0.25) is 0 Å². The summed E-state index contributed by atoms with van der Waals surface area (Å²) in [6.45, 7) is 7.76. The van der Waals surface area contributed by atoms with Crippen LogP contribution >= 0.6 is 0 Å². The minimum atomic E-state index is -3.42. The lowest BCUT2D eigenvalue weighted by molar-refractivity contribution is 0.285. The maximum absolute atomic E-state index is 12.9. The molecule has 2 aromatic rings. The second-order valence-electron chi connectivity index (χ2n) is 7.03. The van der Waals surface area contributed by atoms with Gasteiger partial charge < -0.3 is 5.32 Å². The molecule has 0 spiro atoms. The number of nitrogens with one attached hydrogen (secondary N) is 1. The fraction of sp³-hybridized carbons (Fsp3) is 0.500. The molecule has 1 N–H and O–H groups in total. The van der Waals surface area contributed by atoms with Crippen molar-refractivity contribution in [2.45, 2.75) is 39.5 Å². The first-order valence-electron chi connectivity index (χ1n) is 9.86. The maximum atomic E-state index is 12.9. The van der Waals surface area contributed by atoms with Crippen LogP contribution in [0.3, 0.4) is 0 Å². The van der Waals surface area contributed by atoms with Gasteiger partial charge in [0, 0.05) is 44.0 Å². The van der Waals surface area contributed by atoms with E-state index in [-0.39, 0.29) is 5.92 Å². The number of anilines is 2. The molecule has 3 rings (SSSR count). The van der Waals surface area contributed by atoms with Crippen LogP contribution in [0.15, 0.2) is 36.5 Å². The second kappa shape index (κ2) is 8.98. The second-order valence-corrected chi connectivity index (χ2v) is 8.96. The predicted molar refractivity (Wildman–Crippen MR) is 112 cm³/mol. The third kappa shape index (κ3) is 4.51. The third-order valence-corrected chi connectivity index (χ3v) is 7.34. The summed E-state index contributed by atoms with van der Waals surface area (Å²) in [6, 6.07) is 9.74. The Morgan fingerprint density at radius 3 is 2.71 bits per heavy atom. The normalized spacial score (nSPS) is 18.4. The van der Waals surface area contributed by atoms with E-state index >= 15 is 0 Å². The molecule has 0 bridgehead atoms. The molecule has 8 heteroatoms. The lowest BCUT2D eigenvalue weighted by atomic mass is 9.95. The van der Waals surface area contributed by atoms with E-state index < -0.39 is 10.2 Å². The van der Waals surface area contributed by atoms with Gasteiger partial charge in [-0.05, 0) is 43.5 Å². The number of hydrogen-bond acceptors (Lipinski definition) is 5. The van der Waals surface area contributed by atoms with Gasteiger partial charge >= 0.3 is 0 Å². The SMILES string of the molecule is CCN(CC)S(=O)(=O)N1CCC[C@@H](c2cccc(Nc3ncccc3C)n2)C1. The van der Waals surface area contributed by atoms with Crippen LogP contribution in [0.1, 0.15) is 43.9 Å². The Hall–Kier alpha value is -2.03. The van der Waals surface area contributed by atoms with Gasteiger partial charge in [-0.1, -0.05) is 26.0 Å². The lowest BCUT2D eigenvalue weighted by Crippen LogP contribution is -2.47. The Morgan fingerprint density at radius 2 is 2.00 bits per heavy atom. The standard InChI is InChI=1S/C20H29N5O2S/c1-4-24(5-2)28(26,27)25-14-8-10-17(15-25)18-11-6-12-19(22-18)23-20-16(3)9-7-13-21-20/h6-7,9,11-13,17H,4-5,8,10,14-15H2,1-3H3,(H,21,22,23)/t17-/m1/s1. The topological polar surface area (TPSA) is 78.4 Å². The summed E-state index contributed by atoms with van der Waals surface area (Å²) in [5, 5.41) is 3.27. The number of nitrogens with zero attached hydrogens (tertiary/aromatic N) is 4. The molecule has 1 fully saturated rings. The summed E-state index contributed by atoms with van der Waals surface area (Å²) < 4.78 is 28.9. The molecular formula is C20H29N5O2S. The Labute approximate surface area is 168 Å². The quantitative estimate of drug-likeness (QED) is 0.767. The highest BCUT2D eigenvalue weighted by Crippen LogP contribution is 2.29. The molecule has 3 heterocycles. The highest BCUT2D eigenvalue weighted by atomic mass is 32.2. The number of aryl methyl sites for hydroxylation is 1. The van der Waals surface area contributed by atoms with E-state index in [2.05, 4.69) is 10.3 Å². The Balaban J connectivity index is 1.77. The predicted octanol–water partition coefficient (Wildman–Crippen LogP) is 3.29. The minimum Gasteiger partial charge on any atom is -0.325 e. The van der Waals surface area contributed by atoms with Crippen LogP contribution in [0.25, 0.3) is 0 Å². The highest BCUT2D eigenvalue weighted by Gasteiger charge is 2.33. The van der Waals surface area contributed by atoms with Crippen molar-refractivity contribution in [1.82, 2.24) is 18.6 Å². The Kier molecular flexibility index (Phi) is 6.64. The summed E-state index contributed by atoms with van der Waals surface area (Å²) in [6.07, 6.45) is 3.52. The first kappa shape index (κ1) is 20.7. The fourth-order valence-electron chi connectivity index (χ4n) is 3.59. The molecule has 152 valence electrons. The maximum Gasteiger partial charge on any atom is 0.281 e. The number of rotatable bonds is 7.